The summed E-state index contributed by atoms with van der Waals surface area (Å²) in [5, 5.41) is 0. The summed E-state index contributed by atoms with van der Waals surface area (Å²) < 4.78 is 7.96. The van der Waals surface area contributed by atoms with Crippen LogP contribution in [0.4, 0.5) is 0 Å². The second-order valence-corrected chi connectivity index (χ2v) is 4.48. The second kappa shape index (κ2) is 3.29. The van der Waals surface area contributed by atoms with Crippen LogP contribution >= 0.6 is 0 Å². The molecule has 0 spiro atoms. The number of allylic oxidation sites excluding steroid dienone is 2. The summed E-state index contributed by atoms with van der Waals surface area (Å²) in [5.41, 5.74) is 5.33. The van der Waals surface area contributed by atoms with Crippen molar-refractivity contribution < 1.29 is 9.30 Å². The molecule has 2 aliphatic rings. The minimum atomic E-state index is 0.289. The molecule has 1 saturated heterocycles. The first-order valence-electron chi connectivity index (χ1n) is 5.72. The van der Waals surface area contributed by atoms with E-state index in [0.29, 0.717) is 6.10 Å². The fourth-order valence-electron chi connectivity index (χ4n) is 2.68. The van der Waals surface area contributed by atoms with Crippen LogP contribution in [0.1, 0.15) is 31.2 Å². The number of fused-ring (bicyclic) bond motifs is 3. The van der Waals surface area contributed by atoms with Gasteiger partial charge in [0.05, 0.1) is 5.56 Å². The molecule has 1 aliphatic heterocycles. The van der Waals surface area contributed by atoms with E-state index < -0.39 is 0 Å². The van der Waals surface area contributed by atoms with E-state index in [9.17, 15) is 0 Å². The lowest BCUT2D eigenvalue weighted by Crippen LogP contribution is -2.35. The molecule has 1 aromatic heterocycles. The van der Waals surface area contributed by atoms with Crippen LogP contribution in [0.25, 0.3) is 5.57 Å². The number of epoxide rings is 1. The molecule has 82 valence electrons. The fraction of sp³-hybridized carbons (Fsp3) is 0.357. The van der Waals surface area contributed by atoms with E-state index in [1.54, 1.807) is 0 Å². The van der Waals surface area contributed by atoms with Crippen molar-refractivity contribution in [3.63, 3.8) is 0 Å². The molecule has 2 heteroatoms. The summed E-state index contributed by atoms with van der Waals surface area (Å²) in [5.74, 6) is 0. The third kappa shape index (κ3) is 1.20. The zero-order valence-electron chi connectivity index (χ0n) is 9.90. The lowest BCUT2D eigenvalue weighted by atomic mass is 9.89. The Morgan fingerprint density at radius 3 is 2.94 bits per heavy atom. The van der Waals surface area contributed by atoms with Gasteiger partial charge in [-0.1, -0.05) is 12.2 Å². The average molecular weight is 214 g/mol. The molecule has 2 atom stereocenters. The van der Waals surface area contributed by atoms with E-state index in [1.807, 2.05) is 0 Å². The number of hydrogen-bond donors (Lipinski definition) is 0. The molecule has 0 bridgehead atoms. The monoisotopic (exact) mass is 214 g/mol. The second-order valence-electron chi connectivity index (χ2n) is 4.48. The Balaban J connectivity index is 2.25. The van der Waals surface area contributed by atoms with Gasteiger partial charge in [0.25, 0.3) is 0 Å². The van der Waals surface area contributed by atoms with Crippen LogP contribution in [0.5, 0.6) is 0 Å². The third-order valence-electron chi connectivity index (χ3n) is 3.45. The zero-order valence-corrected chi connectivity index (χ0v) is 9.90. The first kappa shape index (κ1) is 9.79. The van der Waals surface area contributed by atoms with Crippen LogP contribution in [0.15, 0.2) is 36.1 Å². The smallest absolute Gasteiger partial charge is 0.214 e. The van der Waals surface area contributed by atoms with Gasteiger partial charge in [0, 0.05) is 11.6 Å². The number of aromatic nitrogens is 1. The normalized spacial score (nSPS) is 26.9. The van der Waals surface area contributed by atoms with Crippen LogP contribution in [0.2, 0.25) is 0 Å². The van der Waals surface area contributed by atoms with Gasteiger partial charge in [-0.2, -0.15) is 0 Å². The Morgan fingerprint density at radius 2 is 2.19 bits per heavy atom. The Kier molecular flexibility index (Phi) is 2.01. The molecule has 3 rings (SSSR count). The van der Waals surface area contributed by atoms with Gasteiger partial charge in [-0.05, 0) is 25.5 Å². The molecular weight excluding hydrogens is 198 g/mol. The molecule has 0 saturated carbocycles. The van der Waals surface area contributed by atoms with Crippen molar-refractivity contribution in [2.75, 3.05) is 0 Å². The summed E-state index contributed by atoms with van der Waals surface area (Å²) in [6.07, 6.45) is 6.95. The van der Waals surface area contributed by atoms with Gasteiger partial charge in [0.2, 0.25) is 5.69 Å². The zero-order chi connectivity index (χ0) is 11.3. The molecule has 16 heavy (non-hydrogen) atoms. The van der Waals surface area contributed by atoms with Crippen molar-refractivity contribution in [1.29, 1.82) is 0 Å². The van der Waals surface area contributed by atoms with E-state index in [0.717, 1.165) is 0 Å². The van der Waals surface area contributed by atoms with E-state index in [2.05, 4.69) is 55.9 Å². The van der Waals surface area contributed by atoms with Gasteiger partial charge in [-0.15, -0.1) is 0 Å². The van der Waals surface area contributed by atoms with Gasteiger partial charge < -0.3 is 4.74 Å². The van der Waals surface area contributed by atoms with Crippen molar-refractivity contribution in [3.8, 4) is 0 Å². The minimum absolute atomic E-state index is 0.289. The molecule has 2 unspecified atom stereocenters. The molecule has 2 heterocycles. The molecule has 1 fully saturated rings. The highest BCUT2D eigenvalue weighted by Gasteiger charge is 2.49. The predicted octanol–water partition coefficient (Wildman–Crippen LogP) is 2.31. The average Bonchev–Trinajstić information content (AvgIpc) is 3.04. The van der Waals surface area contributed by atoms with E-state index in [-0.39, 0.29) is 6.10 Å². The first-order valence-corrected chi connectivity index (χ1v) is 5.72. The van der Waals surface area contributed by atoms with Gasteiger partial charge in [-0.25, -0.2) is 4.57 Å². The molecule has 1 aromatic rings. The lowest BCUT2D eigenvalue weighted by Gasteiger charge is -2.12. The predicted molar refractivity (Wildman–Crippen MR) is 62.6 cm³/mol. The SMILES string of the molecule is C/C=C\C1=C(C)c2c(ccc[n+]2C)C2OC12. The molecule has 0 radical (unpaired) electrons. The summed E-state index contributed by atoms with van der Waals surface area (Å²) in [4.78, 5) is 0. The summed E-state index contributed by atoms with van der Waals surface area (Å²) in [6.45, 7) is 4.24. The summed E-state index contributed by atoms with van der Waals surface area (Å²) >= 11 is 0. The van der Waals surface area contributed by atoms with Gasteiger partial charge in [0.15, 0.2) is 6.20 Å². The van der Waals surface area contributed by atoms with Crippen LogP contribution < -0.4 is 4.57 Å². The molecule has 0 aromatic carbocycles. The fourth-order valence-corrected chi connectivity index (χ4v) is 2.68. The third-order valence-corrected chi connectivity index (χ3v) is 3.45. The quantitative estimate of drug-likeness (QED) is 0.517. The highest BCUT2D eigenvalue weighted by atomic mass is 16.6. The Bertz CT molecular complexity index is 513. The van der Waals surface area contributed by atoms with Crippen molar-refractivity contribution in [3.05, 3.63) is 47.3 Å². The first-order chi connectivity index (χ1) is 7.74. The lowest BCUT2D eigenvalue weighted by molar-refractivity contribution is -0.674. The summed E-state index contributed by atoms with van der Waals surface area (Å²) in [7, 11) is 2.10. The van der Waals surface area contributed by atoms with Crippen molar-refractivity contribution in [2.45, 2.75) is 26.1 Å². The Hall–Kier alpha value is -1.41. The minimum Gasteiger partial charge on any atom is -0.359 e. The molecule has 2 nitrogen and oxygen atoms in total. The number of ether oxygens (including phenoxy) is 1. The van der Waals surface area contributed by atoms with Gasteiger partial charge in [0.1, 0.15) is 19.3 Å². The Morgan fingerprint density at radius 1 is 1.38 bits per heavy atom. The summed E-state index contributed by atoms with van der Waals surface area (Å²) in [6, 6.07) is 4.27. The highest BCUT2D eigenvalue weighted by molar-refractivity contribution is 5.73. The highest BCUT2D eigenvalue weighted by Crippen LogP contribution is 2.50. The van der Waals surface area contributed by atoms with Gasteiger partial charge >= 0.3 is 0 Å². The van der Waals surface area contributed by atoms with E-state index >= 15 is 0 Å². The number of rotatable bonds is 1. The van der Waals surface area contributed by atoms with Crippen LogP contribution in [0.3, 0.4) is 0 Å². The van der Waals surface area contributed by atoms with Crippen molar-refractivity contribution in [1.82, 2.24) is 0 Å². The maximum atomic E-state index is 5.77. The standard InChI is InChI=1S/C14H16NO/c1-4-6-10-9(2)12-11(14-13(10)16-14)7-5-8-15(12)3/h4-8,13-14H,1-3H3/q+1/b6-4-. The molecule has 1 aliphatic carbocycles. The number of aryl methyl sites for hydroxylation is 1. The molecule has 0 amide bonds. The molecule has 0 N–H and O–H groups in total. The molecular formula is C14H16NO+. The topological polar surface area (TPSA) is 16.4 Å². The largest absolute Gasteiger partial charge is 0.359 e. The Labute approximate surface area is 95.9 Å². The van der Waals surface area contributed by atoms with Gasteiger partial charge in [-0.3, -0.25) is 0 Å². The number of nitrogens with zero attached hydrogens (tertiary/aromatic N) is 1. The van der Waals surface area contributed by atoms with E-state index in [4.69, 9.17) is 4.74 Å². The van der Waals surface area contributed by atoms with Crippen LogP contribution in [0, 0.1) is 0 Å². The number of pyridine rings is 1. The number of hydrogen-bond acceptors (Lipinski definition) is 1. The van der Waals surface area contributed by atoms with Crippen molar-refractivity contribution in [2.24, 2.45) is 7.05 Å². The van der Waals surface area contributed by atoms with Crippen LogP contribution in [-0.2, 0) is 11.8 Å². The maximum absolute atomic E-state index is 5.77. The van der Waals surface area contributed by atoms with Crippen LogP contribution in [-0.4, -0.2) is 6.10 Å². The van der Waals surface area contributed by atoms with Crippen molar-refractivity contribution >= 4 is 5.57 Å². The van der Waals surface area contributed by atoms with E-state index in [1.165, 1.54) is 22.4 Å². The maximum Gasteiger partial charge on any atom is 0.214 e.